The first-order valence-corrected chi connectivity index (χ1v) is 11.4. The molecule has 0 aliphatic carbocycles. The van der Waals surface area contributed by atoms with Crippen molar-refractivity contribution in [2.45, 2.75) is 24.9 Å². The Kier molecular flexibility index (Phi) is 7.07. The summed E-state index contributed by atoms with van der Waals surface area (Å²) in [6.45, 7) is 2.06. The van der Waals surface area contributed by atoms with Gasteiger partial charge in [-0.1, -0.05) is 23.2 Å². The molecule has 1 saturated heterocycles. The van der Waals surface area contributed by atoms with E-state index in [1.165, 1.54) is 16.4 Å². The maximum Gasteiger partial charge on any atom is 0.374 e. The number of carbonyl (C=O) groups is 2. The summed E-state index contributed by atoms with van der Waals surface area (Å²) >= 11 is 12.0. The molecule has 0 saturated carbocycles. The first-order chi connectivity index (χ1) is 14.2. The van der Waals surface area contributed by atoms with Crippen molar-refractivity contribution in [1.82, 2.24) is 4.31 Å². The van der Waals surface area contributed by atoms with Crippen LogP contribution in [0, 0.1) is 5.92 Å². The lowest BCUT2D eigenvalue weighted by molar-refractivity contribution is -0.120. The van der Waals surface area contributed by atoms with Gasteiger partial charge < -0.3 is 14.5 Å². The van der Waals surface area contributed by atoms with Crippen molar-refractivity contribution in [2.75, 3.05) is 25.0 Å². The Morgan fingerprint density at radius 3 is 2.57 bits per heavy atom. The first-order valence-electron chi connectivity index (χ1n) is 9.25. The highest BCUT2D eigenvalue weighted by atomic mass is 35.5. The Labute approximate surface area is 184 Å². The summed E-state index contributed by atoms with van der Waals surface area (Å²) in [4.78, 5) is 24.2. The summed E-state index contributed by atoms with van der Waals surface area (Å²) in [6.07, 6.45) is 0.656. The second-order valence-corrected chi connectivity index (χ2v) is 9.34. The number of ether oxygens (including phenoxy) is 1. The van der Waals surface area contributed by atoms with Crippen LogP contribution in [-0.2, 0) is 19.6 Å². The van der Waals surface area contributed by atoms with E-state index in [1.807, 2.05) is 0 Å². The molecule has 2 aromatic rings. The molecule has 1 aliphatic rings. The topological polar surface area (TPSA) is 106 Å². The minimum Gasteiger partial charge on any atom is -0.460 e. The third kappa shape index (κ3) is 4.97. The van der Waals surface area contributed by atoms with E-state index in [0.29, 0.717) is 28.6 Å². The van der Waals surface area contributed by atoms with E-state index in [0.717, 1.165) is 0 Å². The summed E-state index contributed by atoms with van der Waals surface area (Å²) in [5.41, 5.74) is 0.409. The zero-order valence-corrected chi connectivity index (χ0v) is 18.4. The summed E-state index contributed by atoms with van der Waals surface area (Å²) in [6, 6.07) is 7.24. The molecule has 11 heteroatoms. The van der Waals surface area contributed by atoms with Crippen LogP contribution in [0.3, 0.4) is 0 Å². The molecule has 1 aromatic carbocycles. The quantitative estimate of drug-likeness (QED) is 0.638. The SMILES string of the molecule is CCOC(=O)c1ccc(S(=O)(=O)N2CCC(C(=O)Nc3cc(Cl)ccc3Cl)CC2)o1. The van der Waals surface area contributed by atoms with Crippen LogP contribution in [0.25, 0.3) is 0 Å². The molecule has 0 atom stereocenters. The Morgan fingerprint density at radius 1 is 1.20 bits per heavy atom. The van der Waals surface area contributed by atoms with E-state index in [1.54, 1.807) is 25.1 Å². The number of amides is 1. The summed E-state index contributed by atoms with van der Waals surface area (Å²) in [5.74, 6) is -1.53. The minimum absolute atomic E-state index is 0.138. The van der Waals surface area contributed by atoms with Gasteiger partial charge in [0, 0.05) is 24.0 Å². The lowest BCUT2D eigenvalue weighted by Crippen LogP contribution is -2.41. The van der Waals surface area contributed by atoms with Gasteiger partial charge in [0.15, 0.2) is 0 Å². The van der Waals surface area contributed by atoms with Gasteiger partial charge in [0.2, 0.25) is 16.8 Å². The average Bonchev–Trinajstić information content (AvgIpc) is 3.22. The summed E-state index contributed by atoms with van der Waals surface area (Å²) in [7, 11) is -3.92. The third-order valence-corrected chi connectivity index (χ3v) is 7.00. The smallest absolute Gasteiger partial charge is 0.374 e. The molecule has 8 nitrogen and oxygen atoms in total. The maximum absolute atomic E-state index is 12.8. The van der Waals surface area contributed by atoms with Crippen molar-refractivity contribution < 1.29 is 27.2 Å². The molecule has 0 bridgehead atoms. The maximum atomic E-state index is 12.8. The van der Waals surface area contributed by atoms with Crippen LogP contribution in [0.1, 0.15) is 30.3 Å². The van der Waals surface area contributed by atoms with Crippen LogP contribution in [-0.4, -0.2) is 44.3 Å². The molecule has 0 unspecified atom stereocenters. The zero-order valence-electron chi connectivity index (χ0n) is 16.1. The van der Waals surface area contributed by atoms with Gasteiger partial charge in [-0.2, -0.15) is 4.31 Å². The number of anilines is 1. The Hall–Kier alpha value is -2.07. The van der Waals surface area contributed by atoms with Crippen molar-refractivity contribution in [1.29, 1.82) is 0 Å². The number of hydrogen-bond acceptors (Lipinski definition) is 6. The molecule has 30 heavy (non-hydrogen) atoms. The zero-order chi connectivity index (χ0) is 21.9. The largest absolute Gasteiger partial charge is 0.460 e. The predicted octanol–water partition coefficient (Wildman–Crippen LogP) is 3.80. The number of hydrogen-bond donors (Lipinski definition) is 1. The number of furan rings is 1. The van der Waals surface area contributed by atoms with Crippen molar-refractivity contribution in [3.8, 4) is 0 Å². The predicted molar refractivity (Wildman–Crippen MR) is 111 cm³/mol. The molecule has 1 N–H and O–H groups in total. The Balaban J connectivity index is 1.62. The van der Waals surface area contributed by atoms with Gasteiger partial charge in [-0.25, -0.2) is 13.2 Å². The van der Waals surface area contributed by atoms with E-state index in [9.17, 15) is 18.0 Å². The number of halogens is 2. The minimum atomic E-state index is -3.92. The van der Waals surface area contributed by atoms with Crippen LogP contribution in [0.15, 0.2) is 39.8 Å². The van der Waals surface area contributed by atoms with Gasteiger partial charge in [0.1, 0.15) is 0 Å². The van der Waals surface area contributed by atoms with Crippen LogP contribution in [0.4, 0.5) is 5.69 Å². The van der Waals surface area contributed by atoms with E-state index < -0.39 is 16.0 Å². The van der Waals surface area contributed by atoms with E-state index in [4.69, 9.17) is 32.4 Å². The lowest BCUT2D eigenvalue weighted by atomic mass is 9.97. The summed E-state index contributed by atoms with van der Waals surface area (Å²) < 4.78 is 36.8. The number of sulfonamides is 1. The van der Waals surface area contributed by atoms with E-state index in [2.05, 4.69) is 5.32 Å². The number of benzene rings is 1. The fourth-order valence-corrected chi connectivity index (χ4v) is 4.80. The van der Waals surface area contributed by atoms with Gasteiger partial charge in [-0.05, 0) is 50.1 Å². The molecular weight excluding hydrogens is 455 g/mol. The number of nitrogens with zero attached hydrogens (tertiary/aromatic N) is 1. The van der Waals surface area contributed by atoms with Gasteiger partial charge in [-0.15, -0.1) is 0 Å². The molecule has 3 rings (SSSR count). The Morgan fingerprint density at radius 2 is 1.90 bits per heavy atom. The highest BCUT2D eigenvalue weighted by Crippen LogP contribution is 2.29. The van der Waals surface area contributed by atoms with Gasteiger partial charge in [0.05, 0.1) is 17.3 Å². The second kappa shape index (κ2) is 9.38. The molecular formula is C19H20Cl2N2O6S. The van der Waals surface area contributed by atoms with Crippen molar-refractivity contribution in [2.24, 2.45) is 5.92 Å². The normalized spacial score (nSPS) is 15.7. The fraction of sp³-hybridized carbons (Fsp3) is 0.368. The van der Waals surface area contributed by atoms with E-state index >= 15 is 0 Å². The Bertz CT molecular complexity index is 1050. The summed E-state index contributed by atoms with van der Waals surface area (Å²) in [5, 5.41) is 3.21. The monoisotopic (exact) mass is 474 g/mol. The highest BCUT2D eigenvalue weighted by molar-refractivity contribution is 7.89. The molecule has 162 valence electrons. The number of carbonyl (C=O) groups excluding carboxylic acids is 2. The first kappa shape index (κ1) is 22.6. The average molecular weight is 475 g/mol. The molecule has 1 fully saturated rings. The van der Waals surface area contributed by atoms with Gasteiger partial charge >= 0.3 is 5.97 Å². The van der Waals surface area contributed by atoms with Crippen molar-refractivity contribution >= 4 is 50.8 Å². The number of esters is 1. The van der Waals surface area contributed by atoms with Crippen LogP contribution < -0.4 is 5.32 Å². The molecule has 0 radical (unpaired) electrons. The van der Waals surface area contributed by atoms with Crippen LogP contribution >= 0.6 is 23.2 Å². The van der Waals surface area contributed by atoms with Gasteiger partial charge in [-0.3, -0.25) is 4.79 Å². The standard InChI is InChI=1S/C19H20Cl2N2O6S/c1-2-28-19(25)16-5-6-17(29-16)30(26,27)23-9-7-12(8-10-23)18(24)22-15-11-13(20)3-4-14(15)21/h3-6,11-12H,2,7-10H2,1H3,(H,22,24). The molecule has 1 aromatic heterocycles. The molecule has 2 heterocycles. The number of piperidine rings is 1. The van der Waals surface area contributed by atoms with Crippen LogP contribution in [0.2, 0.25) is 10.0 Å². The van der Waals surface area contributed by atoms with Crippen LogP contribution in [0.5, 0.6) is 0 Å². The van der Waals surface area contributed by atoms with Gasteiger partial charge in [0.25, 0.3) is 10.0 Å². The molecule has 1 aliphatic heterocycles. The van der Waals surface area contributed by atoms with E-state index in [-0.39, 0.29) is 42.4 Å². The molecule has 0 spiro atoms. The van der Waals surface area contributed by atoms with Crippen molar-refractivity contribution in [3.63, 3.8) is 0 Å². The number of nitrogens with one attached hydrogen (secondary N) is 1. The lowest BCUT2D eigenvalue weighted by Gasteiger charge is -2.29. The molecule has 1 amide bonds. The third-order valence-electron chi connectivity index (χ3n) is 4.66. The van der Waals surface area contributed by atoms with Crippen molar-refractivity contribution in [3.05, 3.63) is 46.1 Å². The highest BCUT2D eigenvalue weighted by Gasteiger charge is 2.34. The second-order valence-electron chi connectivity index (χ2n) is 6.63. The number of rotatable bonds is 6. The fourth-order valence-electron chi connectivity index (χ4n) is 3.08.